The smallest absolute Gasteiger partial charge is 0.137 e. The maximum absolute atomic E-state index is 11.3. The molecule has 0 aliphatic rings. The second-order valence-electron chi connectivity index (χ2n) is 3.33. The molecule has 2 unspecified atom stereocenters. The lowest BCUT2D eigenvalue weighted by Crippen LogP contribution is -2.23. The number of Topliss-reactive ketones (excluding diaryl/α,β-unsaturated/α-hetero) is 1. The monoisotopic (exact) mass is 173 g/mol. The van der Waals surface area contributed by atoms with Crippen LogP contribution in [0.3, 0.4) is 0 Å². The number of ether oxygens (including phenoxy) is 1. The summed E-state index contributed by atoms with van der Waals surface area (Å²) in [4.78, 5) is 11.3. The van der Waals surface area contributed by atoms with Crippen molar-refractivity contribution < 1.29 is 9.53 Å². The van der Waals surface area contributed by atoms with Crippen molar-refractivity contribution in [2.24, 2.45) is 11.7 Å². The van der Waals surface area contributed by atoms with Gasteiger partial charge in [0.05, 0.1) is 0 Å². The molecule has 0 aliphatic carbocycles. The molecule has 0 aromatic carbocycles. The molecule has 0 bridgehead atoms. The zero-order valence-corrected chi connectivity index (χ0v) is 8.17. The van der Waals surface area contributed by atoms with Crippen LogP contribution in [0.2, 0.25) is 0 Å². The predicted molar refractivity (Wildman–Crippen MR) is 48.9 cm³/mol. The lowest BCUT2D eigenvalue weighted by atomic mass is 9.98. The van der Waals surface area contributed by atoms with Gasteiger partial charge in [0.15, 0.2) is 0 Å². The molecule has 2 atom stereocenters. The third-order valence-electron chi connectivity index (χ3n) is 1.83. The van der Waals surface area contributed by atoms with Crippen molar-refractivity contribution in [1.29, 1.82) is 0 Å². The van der Waals surface area contributed by atoms with Crippen LogP contribution in [0.4, 0.5) is 0 Å². The molecule has 0 saturated carbocycles. The van der Waals surface area contributed by atoms with Crippen LogP contribution in [0.25, 0.3) is 0 Å². The first kappa shape index (κ1) is 11.6. The summed E-state index contributed by atoms with van der Waals surface area (Å²) in [5, 5.41) is 0. The highest BCUT2D eigenvalue weighted by atomic mass is 16.5. The molecule has 0 aliphatic heterocycles. The van der Waals surface area contributed by atoms with Gasteiger partial charge in [0.2, 0.25) is 0 Å². The number of carbonyl (C=O) groups excluding carboxylic acids is 1. The third kappa shape index (κ3) is 5.27. The number of hydrogen-bond acceptors (Lipinski definition) is 3. The van der Waals surface area contributed by atoms with Crippen molar-refractivity contribution in [2.75, 3.05) is 13.7 Å². The fourth-order valence-corrected chi connectivity index (χ4v) is 0.974. The van der Waals surface area contributed by atoms with E-state index < -0.39 is 0 Å². The Balaban J connectivity index is 3.61. The second-order valence-corrected chi connectivity index (χ2v) is 3.33. The van der Waals surface area contributed by atoms with Crippen molar-refractivity contribution in [3.05, 3.63) is 0 Å². The van der Waals surface area contributed by atoms with Gasteiger partial charge in [0, 0.05) is 32.1 Å². The van der Waals surface area contributed by atoms with Gasteiger partial charge < -0.3 is 10.5 Å². The summed E-state index contributed by atoms with van der Waals surface area (Å²) < 4.78 is 4.88. The van der Waals surface area contributed by atoms with E-state index in [0.717, 1.165) is 6.42 Å². The van der Waals surface area contributed by atoms with Gasteiger partial charge in [0.1, 0.15) is 5.78 Å². The van der Waals surface area contributed by atoms with Gasteiger partial charge in [-0.25, -0.2) is 0 Å². The topological polar surface area (TPSA) is 52.3 Å². The van der Waals surface area contributed by atoms with E-state index in [1.807, 2.05) is 13.8 Å². The normalized spacial score (nSPS) is 15.7. The molecule has 0 fully saturated rings. The molecule has 3 heteroatoms. The van der Waals surface area contributed by atoms with Gasteiger partial charge >= 0.3 is 0 Å². The average molecular weight is 173 g/mol. The summed E-state index contributed by atoms with van der Waals surface area (Å²) in [6, 6.07) is -0.0255. The molecule has 72 valence electrons. The SMILES string of the molecule is COCCC(C)C(=O)CC(C)N. The summed E-state index contributed by atoms with van der Waals surface area (Å²) in [5.74, 6) is 0.318. The first-order valence-corrected chi connectivity index (χ1v) is 4.35. The van der Waals surface area contributed by atoms with Crippen LogP contribution in [0.15, 0.2) is 0 Å². The minimum absolute atomic E-state index is 0.0255. The second kappa shape index (κ2) is 6.14. The fourth-order valence-electron chi connectivity index (χ4n) is 0.974. The van der Waals surface area contributed by atoms with Crippen molar-refractivity contribution in [3.8, 4) is 0 Å². The van der Waals surface area contributed by atoms with E-state index in [0.29, 0.717) is 13.0 Å². The van der Waals surface area contributed by atoms with E-state index in [-0.39, 0.29) is 17.7 Å². The summed E-state index contributed by atoms with van der Waals surface area (Å²) in [6.45, 7) is 4.41. The number of rotatable bonds is 6. The van der Waals surface area contributed by atoms with Gasteiger partial charge in [-0.1, -0.05) is 6.92 Å². The number of methoxy groups -OCH3 is 1. The molecule has 0 heterocycles. The minimum atomic E-state index is -0.0255. The van der Waals surface area contributed by atoms with E-state index >= 15 is 0 Å². The van der Waals surface area contributed by atoms with Gasteiger partial charge in [-0.2, -0.15) is 0 Å². The lowest BCUT2D eigenvalue weighted by molar-refractivity contribution is -0.123. The van der Waals surface area contributed by atoms with Crippen LogP contribution in [-0.4, -0.2) is 25.5 Å². The number of ketones is 1. The van der Waals surface area contributed by atoms with Crippen LogP contribution in [-0.2, 0) is 9.53 Å². The Bertz CT molecular complexity index is 134. The van der Waals surface area contributed by atoms with Crippen LogP contribution >= 0.6 is 0 Å². The molecular formula is C9H19NO2. The van der Waals surface area contributed by atoms with Gasteiger partial charge in [0.25, 0.3) is 0 Å². The van der Waals surface area contributed by atoms with Crippen molar-refractivity contribution in [3.63, 3.8) is 0 Å². The molecule has 3 nitrogen and oxygen atoms in total. The standard InChI is InChI=1S/C9H19NO2/c1-7(4-5-12-3)9(11)6-8(2)10/h7-8H,4-6,10H2,1-3H3. The average Bonchev–Trinajstić information content (AvgIpc) is 1.98. The molecule has 0 aromatic heterocycles. The Morgan fingerprint density at radius 1 is 1.50 bits per heavy atom. The Hall–Kier alpha value is -0.410. The molecule has 0 amide bonds. The lowest BCUT2D eigenvalue weighted by Gasteiger charge is -2.10. The highest BCUT2D eigenvalue weighted by Crippen LogP contribution is 2.07. The fraction of sp³-hybridized carbons (Fsp3) is 0.889. The maximum atomic E-state index is 11.3. The number of hydrogen-bond donors (Lipinski definition) is 1. The quantitative estimate of drug-likeness (QED) is 0.651. The summed E-state index contributed by atoms with van der Waals surface area (Å²) in [7, 11) is 1.64. The zero-order chi connectivity index (χ0) is 9.56. The highest BCUT2D eigenvalue weighted by Gasteiger charge is 2.13. The summed E-state index contributed by atoms with van der Waals surface area (Å²) in [6.07, 6.45) is 1.27. The predicted octanol–water partition coefficient (Wildman–Crippen LogP) is 0.965. The molecule has 0 saturated heterocycles. The Morgan fingerprint density at radius 3 is 2.50 bits per heavy atom. The van der Waals surface area contributed by atoms with Crippen LogP contribution in [0, 0.1) is 5.92 Å². The Labute approximate surface area is 74.3 Å². The Morgan fingerprint density at radius 2 is 2.08 bits per heavy atom. The minimum Gasteiger partial charge on any atom is -0.385 e. The molecule has 0 aromatic rings. The summed E-state index contributed by atoms with van der Waals surface area (Å²) in [5.41, 5.74) is 5.51. The van der Waals surface area contributed by atoms with E-state index in [1.54, 1.807) is 7.11 Å². The summed E-state index contributed by atoms with van der Waals surface area (Å²) >= 11 is 0. The van der Waals surface area contributed by atoms with Crippen molar-refractivity contribution in [1.82, 2.24) is 0 Å². The highest BCUT2D eigenvalue weighted by molar-refractivity contribution is 5.81. The first-order chi connectivity index (χ1) is 5.57. The molecule has 2 N–H and O–H groups in total. The van der Waals surface area contributed by atoms with Gasteiger partial charge in [-0.05, 0) is 13.3 Å². The van der Waals surface area contributed by atoms with Crippen LogP contribution in [0.1, 0.15) is 26.7 Å². The van der Waals surface area contributed by atoms with Crippen molar-refractivity contribution in [2.45, 2.75) is 32.7 Å². The van der Waals surface area contributed by atoms with E-state index in [9.17, 15) is 4.79 Å². The molecule has 0 rings (SSSR count). The van der Waals surface area contributed by atoms with Gasteiger partial charge in [-0.3, -0.25) is 4.79 Å². The Kier molecular flexibility index (Phi) is 5.93. The number of nitrogens with two attached hydrogens (primary N) is 1. The van der Waals surface area contributed by atoms with E-state index in [2.05, 4.69) is 0 Å². The zero-order valence-electron chi connectivity index (χ0n) is 8.17. The number of carbonyl (C=O) groups is 1. The first-order valence-electron chi connectivity index (χ1n) is 4.35. The van der Waals surface area contributed by atoms with Crippen LogP contribution < -0.4 is 5.73 Å². The van der Waals surface area contributed by atoms with Crippen LogP contribution in [0.5, 0.6) is 0 Å². The van der Waals surface area contributed by atoms with Crippen molar-refractivity contribution >= 4 is 5.78 Å². The van der Waals surface area contributed by atoms with E-state index in [1.165, 1.54) is 0 Å². The largest absolute Gasteiger partial charge is 0.385 e. The molecule has 0 spiro atoms. The molecule has 12 heavy (non-hydrogen) atoms. The van der Waals surface area contributed by atoms with Gasteiger partial charge in [-0.15, -0.1) is 0 Å². The molecular weight excluding hydrogens is 154 g/mol. The maximum Gasteiger partial charge on any atom is 0.137 e. The van der Waals surface area contributed by atoms with E-state index in [4.69, 9.17) is 10.5 Å². The molecule has 0 radical (unpaired) electrons. The third-order valence-corrected chi connectivity index (χ3v) is 1.83.